The van der Waals surface area contributed by atoms with Crippen LogP contribution in [0.1, 0.15) is 15.9 Å². The van der Waals surface area contributed by atoms with Crippen LogP contribution in [0.5, 0.6) is 0 Å². The highest BCUT2D eigenvalue weighted by atomic mass is 19.1. The van der Waals surface area contributed by atoms with E-state index in [0.29, 0.717) is 5.56 Å². The van der Waals surface area contributed by atoms with Crippen molar-refractivity contribution < 1.29 is 14.1 Å². The average Bonchev–Trinajstić information content (AvgIpc) is 2.46. The molecule has 0 unspecified atom stereocenters. The van der Waals surface area contributed by atoms with Crippen LogP contribution < -0.4 is 0 Å². The predicted octanol–water partition coefficient (Wildman–Crippen LogP) is 3.63. The summed E-state index contributed by atoms with van der Waals surface area (Å²) in [4.78, 5) is 21.8. The Bertz CT molecular complexity index is 681. The van der Waals surface area contributed by atoms with Gasteiger partial charge in [0.25, 0.3) is 5.69 Å². The molecule has 0 aliphatic rings. The van der Waals surface area contributed by atoms with Gasteiger partial charge in [-0.2, -0.15) is 0 Å². The third-order valence-corrected chi connectivity index (χ3v) is 2.66. The number of rotatable bonds is 4. The first-order chi connectivity index (χ1) is 9.58. The lowest BCUT2D eigenvalue weighted by Gasteiger charge is -1.98. The predicted molar refractivity (Wildman–Crippen MR) is 72.9 cm³/mol. The molecule has 0 aromatic heterocycles. The Morgan fingerprint density at radius 1 is 1.15 bits per heavy atom. The number of hydrogen-bond acceptors (Lipinski definition) is 3. The van der Waals surface area contributed by atoms with Crippen LogP contribution in [0.15, 0.2) is 54.6 Å². The number of nitro groups is 1. The van der Waals surface area contributed by atoms with E-state index < -0.39 is 10.7 Å². The lowest BCUT2D eigenvalue weighted by molar-refractivity contribution is -0.384. The highest BCUT2D eigenvalue weighted by molar-refractivity contribution is 6.06. The summed E-state index contributed by atoms with van der Waals surface area (Å²) in [5, 5.41) is 10.6. The summed E-state index contributed by atoms with van der Waals surface area (Å²) in [7, 11) is 0. The second kappa shape index (κ2) is 5.88. The molecule has 5 heteroatoms. The molecule has 0 N–H and O–H groups in total. The summed E-state index contributed by atoms with van der Waals surface area (Å²) in [6.45, 7) is 0. The van der Waals surface area contributed by atoms with E-state index in [1.54, 1.807) is 30.3 Å². The minimum atomic E-state index is -0.618. The molecule has 0 heterocycles. The molecule has 0 amide bonds. The standard InChI is InChI=1S/C15H10FNO3/c16-14-8-7-13(17(19)20)10-12(14)6-9-15(18)11-4-2-1-3-5-11/h1-10H/b9-6+. The average molecular weight is 271 g/mol. The number of carbonyl (C=O) groups excluding carboxylic acids is 1. The molecule has 4 nitrogen and oxygen atoms in total. The fraction of sp³-hybridized carbons (Fsp3) is 0. The van der Waals surface area contributed by atoms with Crippen LogP contribution >= 0.6 is 0 Å². The normalized spacial score (nSPS) is 10.7. The minimum Gasteiger partial charge on any atom is -0.289 e. The van der Waals surface area contributed by atoms with Crippen LogP contribution in [-0.4, -0.2) is 10.7 Å². The van der Waals surface area contributed by atoms with Gasteiger partial charge in [-0.15, -0.1) is 0 Å². The maximum absolute atomic E-state index is 13.5. The Morgan fingerprint density at radius 3 is 2.50 bits per heavy atom. The van der Waals surface area contributed by atoms with E-state index in [2.05, 4.69) is 0 Å². The van der Waals surface area contributed by atoms with Crippen LogP contribution in [0.3, 0.4) is 0 Å². The Morgan fingerprint density at radius 2 is 1.85 bits per heavy atom. The lowest BCUT2D eigenvalue weighted by Crippen LogP contribution is -1.94. The molecular formula is C15H10FNO3. The van der Waals surface area contributed by atoms with Crippen molar-refractivity contribution in [2.24, 2.45) is 0 Å². The molecule has 2 aromatic carbocycles. The molecular weight excluding hydrogens is 261 g/mol. The van der Waals surface area contributed by atoms with E-state index in [4.69, 9.17) is 0 Å². The van der Waals surface area contributed by atoms with Crippen LogP contribution in [0.4, 0.5) is 10.1 Å². The van der Waals surface area contributed by atoms with Crippen molar-refractivity contribution in [3.8, 4) is 0 Å². The smallest absolute Gasteiger partial charge is 0.270 e. The van der Waals surface area contributed by atoms with Gasteiger partial charge in [-0.3, -0.25) is 14.9 Å². The van der Waals surface area contributed by atoms with Crippen molar-refractivity contribution in [3.05, 3.63) is 81.7 Å². The second-order valence-corrected chi connectivity index (χ2v) is 4.03. The van der Waals surface area contributed by atoms with Gasteiger partial charge in [0.05, 0.1) is 4.92 Å². The van der Waals surface area contributed by atoms with Crippen LogP contribution in [-0.2, 0) is 0 Å². The van der Waals surface area contributed by atoms with Gasteiger partial charge in [-0.25, -0.2) is 4.39 Å². The number of hydrogen-bond donors (Lipinski definition) is 0. The van der Waals surface area contributed by atoms with Gasteiger partial charge in [0.15, 0.2) is 5.78 Å². The topological polar surface area (TPSA) is 60.2 Å². The third-order valence-electron chi connectivity index (χ3n) is 2.66. The van der Waals surface area contributed by atoms with Crippen LogP contribution in [0.25, 0.3) is 6.08 Å². The van der Waals surface area contributed by atoms with E-state index in [1.807, 2.05) is 0 Å². The molecule has 0 bridgehead atoms. The van der Waals surface area contributed by atoms with Crippen molar-refractivity contribution in [3.63, 3.8) is 0 Å². The molecule has 0 aliphatic heterocycles. The number of halogens is 1. The Hall–Kier alpha value is -2.82. The van der Waals surface area contributed by atoms with Crippen molar-refractivity contribution in [2.45, 2.75) is 0 Å². The van der Waals surface area contributed by atoms with Crippen LogP contribution in [0.2, 0.25) is 0 Å². The molecule has 100 valence electrons. The Balaban J connectivity index is 2.25. The van der Waals surface area contributed by atoms with E-state index in [0.717, 1.165) is 18.2 Å². The minimum absolute atomic E-state index is 0.00322. The largest absolute Gasteiger partial charge is 0.289 e. The number of carbonyl (C=O) groups is 1. The first-order valence-electron chi connectivity index (χ1n) is 5.79. The Labute approximate surface area is 114 Å². The summed E-state index contributed by atoms with van der Waals surface area (Å²) in [6.07, 6.45) is 2.43. The van der Waals surface area contributed by atoms with Crippen LogP contribution in [0, 0.1) is 15.9 Å². The summed E-state index contributed by atoms with van der Waals surface area (Å²) in [5.41, 5.74) is 0.247. The number of allylic oxidation sites excluding steroid dienone is 1. The summed E-state index contributed by atoms with van der Waals surface area (Å²) in [6, 6.07) is 11.7. The highest BCUT2D eigenvalue weighted by Crippen LogP contribution is 2.18. The molecule has 0 spiro atoms. The molecule has 2 aromatic rings. The molecule has 0 fully saturated rings. The van der Waals surface area contributed by atoms with Crippen molar-refractivity contribution in [2.75, 3.05) is 0 Å². The Kier molecular flexibility index (Phi) is 4.00. The molecule has 0 radical (unpaired) electrons. The molecule has 2 rings (SSSR count). The molecule has 0 atom stereocenters. The SMILES string of the molecule is O=C(/C=C/c1cc([N+](=O)[O-])ccc1F)c1ccccc1. The molecule has 0 saturated carbocycles. The fourth-order valence-electron chi connectivity index (χ4n) is 1.64. The van der Waals surface area contributed by atoms with E-state index in [-0.39, 0.29) is 17.0 Å². The number of nitro benzene ring substituents is 1. The van der Waals surface area contributed by atoms with Gasteiger partial charge in [-0.05, 0) is 18.2 Å². The number of nitrogens with zero attached hydrogens (tertiary/aromatic N) is 1. The summed E-state index contributed by atoms with van der Waals surface area (Å²) >= 11 is 0. The monoisotopic (exact) mass is 271 g/mol. The first-order valence-corrected chi connectivity index (χ1v) is 5.79. The van der Waals surface area contributed by atoms with Gasteiger partial charge in [-0.1, -0.05) is 30.3 Å². The zero-order valence-corrected chi connectivity index (χ0v) is 10.3. The van der Waals surface area contributed by atoms with Gasteiger partial charge in [0, 0.05) is 23.3 Å². The summed E-state index contributed by atoms with van der Waals surface area (Å²) in [5.74, 6) is -0.913. The van der Waals surface area contributed by atoms with Gasteiger partial charge in [0.1, 0.15) is 5.82 Å². The van der Waals surface area contributed by atoms with E-state index >= 15 is 0 Å². The zero-order valence-electron chi connectivity index (χ0n) is 10.3. The number of non-ortho nitro benzene ring substituents is 1. The van der Waals surface area contributed by atoms with Gasteiger partial charge < -0.3 is 0 Å². The van der Waals surface area contributed by atoms with Gasteiger partial charge in [0.2, 0.25) is 0 Å². The molecule has 0 aliphatic carbocycles. The maximum Gasteiger partial charge on any atom is 0.270 e. The van der Waals surface area contributed by atoms with Crippen molar-refractivity contribution in [1.82, 2.24) is 0 Å². The number of ketones is 1. The maximum atomic E-state index is 13.5. The fourth-order valence-corrected chi connectivity index (χ4v) is 1.64. The molecule has 20 heavy (non-hydrogen) atoms. The van der Waals surface area contributed by atoms with Gasteiger partial charge >= 0.3 is 0 Å². The van der Waals surface area contributed by atoms with Crippen molar-refractivity contribution >= 4 is 17.5 Å². The van der Waals surface area contributed by atoms with E-state index in [9.17, 15) is 19.3 Å². The third kappa shape index (κ3) is 3.14. The van der Waals surface area contributed by atoms with Crippen molar-refractivity contribution in [1.29, 1.82) is 0 Å². The highest BCUT2D eigenvalue weighted by Gasteiger charge is 2.09. The zero-order chi connectivity index (χ0) is 14.5. The first kappa shape index (κ1) is 13.6. The van der Waals surface area contributed by atoms with E-state index in [1.165, 1.54) is 12.2 Å². The number of benzene rings is 2. The second-order valence-electron chi connectivity index (χ2n) is 4.03. The quantitative estimate of drug-likeness (QED) is 0.369. The molecule has 0 saturated heterocycles. The summed E-state index contributed by atoms with van der Waals surface area (Å²) < 4.78 is 13.5. The lowest BCUT2D eigenvalue weighted by atomic mass is 10.1.